The van der Waals surface area contributed by atoms with Gasteiger partial charge in [-0.1, -0.05) is 174 Å². The number of carboxylic acid groups (broad SMARTS) is 1. The zero-order valence-electron chi connectivity index (χ0n) is 34.3. The number of hydrogen-bond acceptors (Lipinski definition) is 6. The van der Waals surface area contributed by atoms with Crippen molar-refractivity contribution in [2.45, 2.75) is 219 Å². The molecule has 0 saturated heterocycles. The number of quaternary nitrogens is 1. The maximum atomic E-state index is 12.6. The zero-order chi connectivity index (χ0) is 37.8. The first-order chi connectivity index (χ1) is 24.6. The lowest BCUT2D eigenvalue weighted by atomic mass is 10.0. The molecule has 0 rings (SSSR count). The molecule has 0 aliphatic heterocycles. The smallest absolute Gasteiger partial charge is 0.362 e. The molecule has 0 aromatic rings. The standard InChI is InChI=1S/C43H83NO7/c1-6-8-10-12-14-16-17-18-19-20-21-22-23-24-25-26-28-29-31-33-41(45)50-38-39(37-49-36-35-40(43(47)48)44(3,4)5)51-42(46)34-32-30-27-15-13-11-9-7-2/h39-40H,6-38H2,1-5H3/p+1. The fraction of sp³-hybridized carbons (Fsp3) is 0.930. The van der Waals surface area contributed by atoms with Crippen molar-refractivity contribution in [1.29, 1.82) is 0 Å². The maximum absolute atomic E-state index is 12.6. The van der Waals surface area contributed by atoms with Gasteiger partial charge in [-0.05, 0) is 12.8 Å². The molecule has 0 aliphatic carbocycles. The van der Waals surface area contributed by atoms with Crippen LogP contribution >= 0.6 is 0 Å². The predicted molar refractivity (Wildman–Crippen MR) is 211 cm³/mol. The van der Waals surface area contributed by atoms with E-state index in [-0.39, 0.29) is 36.2 Å². The highest BCUT2D eigenvalue weighted by atomic mass is 16.6. The number of esters is 2. The van der Waals surface area contributed by atoms with Crippen molar-refractivity contribution in [3.63, 3.8) is 0 Å². The molecule has 1 N–H and O–H groups in total. The second-order valence-corrected chi connectivity index (χ2v) is 16.0. The van der Waals surface area contributed by atoms with Crippen LogP contribution in [0.25, 0.3) is 0 Å². The highest BCUT2D eigenvalue weighted by molar-refractivity contribution is 5.72. The van der Waals surface area contributed by atoms with Crippen LogP contribution in [0.1, 0.15) is 206 Å². The Morgan fingerprint density at radius 3 is 1.22 bits per heavy atom. The lowest BCUT2D eigenvalue weighted by Gasteiger charge is -2.31. The van der Waals surface area contributed by atoms with Crippen LogP contribution in [-0.2, 0) is 28.6 Å². The number of aliphatic carboxylic acids is 1. The van der Waals surface area contributed by atoms with Crippen molar-refractivity contribution in [1.82, 2.24) is 0 Å². The first kappa shape index (κ1) is 49.3. The molecule has 0 fully saturated rings. The Morgan fingerprint density at radius 2 is 0.863 bits per heavy atom. The molecule has 51 heavy (non-hydrogen) atoms. The van der Waals surface area contributed by atoms with Crippen LogP contribution in [0, 0.1) is 0 Å². The Bertz CT molecular complexity index is 813. The molecular formula is C43H84NO7+. The largest absolute Gasteiger partial charge is 0.477 e. The molecular weight excluding hydrogens is 642 g/mol. The Morgan fingerprint density at radius 1 is 0.510 bits per heavy atom. The number of carbonyl (C=O) groups excluding carboxylic acids is 2. The monoisotopic (exact) mass is 727 g/mol. The SMILES string of the molecule is CCCCCCCCCCCCCCCCCCCCCC(=O)OCC(COCCC(C(=O)O)[N+](C)(C)C)OC(=O)CCCCCCCCCC. The van der Waals surface area contributed by atoms with Crippen LogP contribution in [0.2, 0.25) is 0 Å². The van der Waals surface area contributed by atoms with Crippen molar-refractivity contribution in [3.05, 3.63) is 0 Å². The van der Waals surface area contributed by atoms with Crippen molar-refractivity contribution < 1.29 is 38.2 Å². The van der Waals surface area contributed by atoms with E-state index in [4.69, 9.17) is 14.2 Å². The van der Waals surface area contributed by atoms with Gasteiger partial charge in [0.2, 0.25) is 0 Å². The van der Waals surface area contributed by atoms with Gasteiger partial charge in [0.1, 0.15) is 6.61 Å². The molecule has 0 saturated carbocycles. The summed E-state index contributed by atoms with van der Waals surface area (Å²) < 4.78 is 17.2. The fourth-order valence-corrected chi connectivity index (χ4v) is 6.62. The first-order valence-corrected chi connectivity index (χ1v) is 21.6. The molecule has 0 aliphatic rings. The minimum atomic E-state index is -0.872. The van der Waals surface area contributed by atoms with Gasteiger partial charge < -0.3 is 23.8 Å². The minimum Gasteiger partial charge on any atom is -0.477 e. The Kier molecular flexibility index (Phi) is 34.2. The Balaban J connectivity index is 4.16. The first-order valence-electron chi connectivity index (χ1n) is 21.6. The van der Waals surface area contributed by atoms with Crippen LogP contribution in [-0.4, -0.2) is 80.6 Å². The van der Waals surface area contributed by atoms with Crippen LogP contribution in [0.4, 0.5) is 0 Å². The van der Waals surface area contributed by atoms with E-state index in [9.17, 15) is 19.5 Å². The van der Waals surface area contributed by atoms with Gasteiger partial charge in [0.15, 0.2) is 12.1 Å². The molecule has 0 spiro atoms. The average Bonchev–Trinajstić information content (AvgIpc) is 3.08. The van der Waals surface area contributed by atoms with Gasteiger partial charge in [-0.2, -0.15) is 0 Å². The molecule has 8 heteroatoms. The number of carboxylic acids is 1. The lowest BCUT2D eigenvalue weighted by Crippen LogP contribution is -2.50. The summed E-state index contributed by atoms with van der Waals surface area (Å²) in [5.41, 5.74) is 0. The van der Waals surface area contributed by atoms with E-state index in [0.717, 1.165) is 38.5 Å². The second kappa shape index (κ2) is 35.4. The number of ether oxygens (including phenoxy) is 3. The summed E-state index contributed by atoms with van der Waals surface area (Å²) in [6.45, 7) is 4.73. The number of unbranched alkanes of at least 4 members (excludes halogenated alkanes) is 25. The molecule has 0 aromatic heterocycles. The third-order valence-corrected chi connectivity index (χ3v) is 10.0. The fourth-order valence-electron chi connectivity index (χ4n) is 6.62. The van der Waals surface area contributed by atoms with E-state index in [1.54, 1.807) is 0 Å². The summed E-state index contributed by atoms with van der Waals surface area (Å²) in [6, 6.07) is -0.606. The maximum Gasteiger partial charge on any atom is 0.362 e. The minimum absolute atomic E-state index is 0.0428. The highest BCUT2D eigenvalue weighted by Gasteiger charge is 2.31. The van der Waals surface area contributed by atoms with Gasteiger partial charge in [0, 0.05) is 19.3 Å². The van der Waals surface area contributed by atoms with E-state index in [2.05, 4.69) is 13.8 Å². The molecule has 0 aromatic carbocycles. The summed E-state index contributed by atoms with van der Waals surface area (Å²) in [4.78, 5) is 36.8. The molecule has 2 atom stereocenters. The summed E-state index contributed by atoms with van der Waals surface area (Å²) >= 11 is 0. The zero-order valence-corrected chi connectivity index (χ0v) is 34.3. The van der Waals surface area contributed by atoms with Gasteiger partial charge in [-0.15, -0.1) is 0 Å². The summed E-state index contributed by atoms with van der Waals surface area (Å²) in [7, 11) is 5.53. The molecule has 302 valence electrons. The number of rotatable bonds is 39. The molecule has 2 unspecified atom stereocenters. The van der Waals surface area contributed by atoms with Crippen molar-refractivity contribution in [2.75, 3.05) is 41.0 Å². The van der Waals surface area contributed by atoms with E-state index in [1.165, 1.54) is 135 Å². The van der Waals surface area contributed by atoms with Crippen LogP contribution in [0.3, 0.4) is 0 Å². The van der Waals surface area contributed by atoms with E-state index < -0.39 is 18.1 Å². The molecule has 0 amide bonds. The second-order valence-electron chi connectivity index (χ2n) is 16.0. The van der Waals surface area contributed by atoms with Crippen LogP contribution in [0.5, 0.6) is 0 Å². The topological polar surface area (TPSA) is 99.1 Å². The average molecular weight is 727 g/mol. The van der Waals surface area contributed by atoms with Crippen molar-refractivity contribution in [3.8, 4) is 0 Å². The highest BCUT2D eigenvalue weighted by Crippen LogP contribution is 2.16. The Hall–Kier alpha value is -1.67. The van der Waals surface area contributed by atoms with E-state index in [0.29, 0.717) is 19.3 Å². The van der Waals surface area contributed by atoms with Gasteiger partial charge in [-0.3, -0.25) is 9.59 Å². The number of hydrogen-bond donors (Lipinski definition) is 1. The van der Waals surface area contributed by atoms with Crippen LogP contribution in [0.15, 0.2) is 0 Å². The van der Waals surface area contributed by atoms with E-state index >= 15 is 0 Å². The third-order valence-electron chi connectivity index (χ3n) is 10.0. The molecule has 0 radical (unpaired) electrons. The normalized spacial score (nSPS) is 12.9. The van der Waals surface area contributed by atoms with Gasteiger partial charge in [0.05, 0.1) is 34.4 Å². The van der Waals surface area contributed by atoms with E-state index in [1.807, 2.05) is 21.1 Å². The van der Waals surface area contributed by atoms with Crippen molar-refractivity contribution >= 4 is 17.9 Å². The van der Waals surface area contributed by atoms with Gasteiger partial charge in [0.25, 0.3) is 0 Å². The lowest BCUT2D eigenvalue weighted by molar-refractivity contribution is -0.887. The summed E-state index contributed by atoms with van der Waals surface area (Å²) in [6.07, 6.45) is 34.4. The summed E-state index contributed by atoms with van der Waals surface area (Å²) in [5, 5.41) is 9.58. The molecule has 8 nitrogen and oxygen atoms in total. The molecule has 0 bridgehead atoms. The van der Waals surface area contributed by atoms with Crippen LogP contribution < -0.4 is 0 Å². The quantitative estimate of drug-likeness (QED) is 0.0382. The summed E-state index contributed by atoms with van der Waals surface area (Å²) in [5.74, 6) is -1.45. The number of carbonyl (C=O) groups is 3. The number of nitrogens with zero attached hydrogens (tertiary/aromatic N) is 1. The Labute approximate surface area is 315 Å². The molecule has 0 heterocycles. The number of likely N-dealkylation sites (N-methyl/N-ethyl adjacent to an activating group) is 1. The predicted octanol–water partition coefficient (Wildman–Crippen LogP) is 11.4. The van der Waals surface area contributed by atoms with Crippen molar-refractivity contribution in [2.24, 2.45) is 0 Å². The van der Waals surface area contributed by atoms with Gasteiger partial charge in [-0.25, -0.2) is 4.79 Å². The third kappa shape index (κ3) is 33.9. The van der Waals surface area contributed by atoms with Gasteiger partial charge >= 0.3 is 17.9 Å².